The second kappa shape index (κ2) is 6.27. The third-order valence-electron chi connectivity index (χ3n) is 5.38. The van der Waals surface area contributed by atoms with Gasteiger partial charge in [0, 0.05) is 6.42 Å². The van der Waals surface area contributed by atoms with E-state index in [0.29, 0.717) is 17.9 Å². The van der Waals surface area contributed by atoms with Crippen LogP contribution in [0.5, 0.6) is 0 Å². The molecular weight excluding hydrogens is 326 g/mol. The van der Waals surface area contributed by atoms with Gasteiger partial charge in [-0.3, -0.25) is 4.79 Å². The molecule has 1 heterocycles. The molecule has 4 rings (SSSR count). The van der Waals surface area contributed by atoms with E-state index in [1.165, 1.54) is 5.56 Å². The Balaban J connectivity index is 1.57. The minimum atomic E-state index is -1.18. The second-order valence-electron chi connectivity index (χ2n) is 7.65. The SMILES string of the molecule is Cc1ccc(C(NC(=O)C2(C)Cc3ccccc3C(=O)O2)C2CC2)cc1. The zero-order valence-electron chi connectivity index (χ0n) is 15.1. The molecule has 2 aromatic rings. The van der Waals surface area contributed by atoms with Gasteiger partial charge in [-0.1, -0.05) is 48.0 Å². The topological polar surface area (TPSA) is 55.4 Å². The summed E-state index contributed by atoms with van der Waals surface area (Å²) in [5, 5.41) is 3.16. The molecule has 4 nitrogen and oxygen atoms in total. The number of carbonyl (C=O) groups is 2. The van der Waals surface area contributed by atoms with E-state index in [0.717, 1.165) is 24.0 Å². The lowest BCUT2D eigenvalue weighted by atomic mass is 9.88. The first-order valence-corrected chi connectivity index (χ1v) is 9.15. The monoisotopic (exact) mass is 349 g/mol. The van der Waals surface area contributed by atoms with Crippen LogP contribution in [0.2, 0.25) is 0 Å². The Kier molecular flexibility index (Phi) is 4.06. The largest absolute Gasteiger partial charge is 0.445 e. The van der Waals surface area contributed by atoms with Gasteiger partial charge in [-0.25, -0.2) is 4.79 Å². The number of nitrogens with one attached hydrogen (secondary N) is 1. The first kappa shape index (κ1) is 16.8. The molecule has 134 valence electrons. The fraction of sp³-hybridized carbons (Fsp3) is 0.364. The molecule has 2 aromatic carbocycles. The van der Waals surface area contributed by atoms with E-state index in [1.54, 1.807) is 13.0 Å². The van der Waals surface area contributed by atoms with Gasteiger partial charge in [-0.2, -0.15) is 0 Å². The number of benzene rings is 2. The van der Waals surface area contributed by atoms with Crippen molar-refractivity contribution in [2.75, 3.05) is 0 Å². The summed E-state index contributed by atoms with van der Waals surface area (Å²) in [6, 6.07) is 15.6. The summed E-state index contributed by atoms with van der Waals surface area (Å²) in [5.41, 5.74) is 2.54. The van der Waals surface area contributed by atoms with E-state index in [1.807, 2.05) is 18.2 Å². The van der Waals surface area contributed by atoms with Crippen LogP contribution in [-0.4, -0.2) is 17.5 Å². The average Bonchev–Trinajstić information content (AvgIpc) is 3.45. The predicted octanol–water partition coefficient (Wildman–Crippen LogP) is 3.73. The van der Waals surface area contributed by atoms with Gasteiger partial charge in [0.1, 0.15) is 0 Å². The second-order valence-corrected chi connectivity index (χ2v) is 7.65. The van der Waals surface area contributed by atoms with Crippen molar-refractivity contribution in [1.29, 1.82) is 0 Å². The van der Waals surface area contributed by atoms with Crippen molar-refractivity contribution in [3.05, 3.63) is 70.8 Å². The van der Waals surface area contributed by atoms with E-state index in [2.05, 4.69) is 36.5 Å². The maximum absolute atomic E-state index is 13.1. The average molecular weight is 349 g/mol. The maximum Gasteiger partial charge on any atom is 0.339 e. The number of fused-ring (bicyclic) bond motifs is 1. The highest BCUT2D eigenvalue weighted by Crippen LogP contribution is 2.41. The number of hydrogen-bond donors (Lipinski definition) is 1. The Morgan fingerprint density at radius 3 is 2.54 bits per heavy atom. The summed E-state index contributed by atoms with van der Waals surface area (Å²) in [7, 11) is 0. The fourth-order valence-electron chi connectivity index (χ4n) is 3.63. The number of carbonyl (C=O) groups excluding carboxylic acids is 2. The zero-order chi connectivity index (χ0) is 18.3. The van der Waals surface area contributed by atoms with E-state index >= 15 is 0 Å². The highest BCUT2D eigenvalue weighted by atomic mass is 16.6. The lowest BCUT2D eigenvalue weighted by molar-refractivity contribution is -0.140. The molecular formula is C22H23NO3. The molecule has 0 spiro atoms. The van der Waals surface area contributed by atoms with Crippen molar-refractivity contribution in [1.82, 2.24) is 5.32 Å². The van der Waals surface area contributed by atoms with Crippen molar-refractivity contribution >= 4 is 11.9 Å². The van der Waals surface area contributed by atoms with E-state index in [9.17, 15) is 9.59 Å². The summed E-state index contributed by atoms with van der Waals surface area (Å²) in [5.74, 6) is -0.197. The summed E-state index contributed by atoms with van der Waals surface area (Å²) in [6.45, 7) is 3.75. The van der Waals surface area contributed by atoms with E-state index in [-0.39, 0.29) is 11.9 Å². The first-order valence-electron chi connectivity index (χ1n) is 9.15. The number of hydrogen-bond acceptors (Lipinski definition) is 3. The highest BCUT2D eigenvalue weighted by Gasteiger charge is 2.44. The van der Waals surface area contributed by atoms with Crippen LogP contribution in [0.25, 0.3) is 0 Å². The lowest BCUT2D eigenvalue weighted by Crippen LogP contribution is -2.52. The van der Waals surface area contributed by atoms with Gasteiger partial charge in [0.25, 0.3) is 5.91 Å². The minimum absolute atomic E-state index is 0.0317. The van der Waals surface area contributed by atoms with Crippen LogP contribution in [0.3, 0.4) is 0 Å². The number of ether oxygens (including phenoxy) is 1. The summed E-state index contributed by atoms with van der Waals surface area (Å²) in [6.07, 6.45) is 2.61. The molecule has 0 saturated heterocycles. The number of amides is 1. The van der Waals surface area contributed by atoms with Crippen molar-refractivity contribution in [3.8, 4) is 0 Å². The summed E-state index contributed by atoms with van der Waals surface area (Å²) in [4.78, 5) is 25.4. The van der Waals surface area contributed by atoms with Crippen LogP contribution >= 0.6 is 0 Å². The molecule has 1 N–H and O–H groups in total. The Labute approximate surface area is 153 Å². The van der Waals surface area contributed by atoms with Crippen molar-refractivity contribution < 1.29 is 14.3 Å². The van der Waals surface area contributed by atoms with E-state index in [4.69, 9.17) is 4.74 Å². The van der Waals surface area contributed by atoms with Crippen LogP contribution in [0, 0.1) is 12.8 Å². The van der Waals surface area contributed by atoms with Gasteiger partial charge < -0.3 is 10.1 Å². The standard InChI is InChI=1S/C22H23NO3/c1-14-7-9-15(10-8-14)19(16-11-12-16)23-21(25)22(2)13-17-5-3-4-6-18(17)20(24)26-22/h3-10,16,19H,11-13H2,1-2H3,(H,23,25). The number of aryl methyl sites for hydroxylation is 1. The van der Waals surface area contributed by atoms with Crippen LogP contribution in [-0.2, 0) is 16.0 Å². The molecule has 1 fully saturated rings. The third-order valence-corrected chi connectivity index (χ3v) is 5.38. The molecule has 1 aliphatic heterocycles. The third kappa shape index (κ3) is 3.12. The molecule has 1 saturated carbocycles. The van der Waals surface area contributed by atoms with E-state index < -0.39 is 11.6 Å². The number of esters is 1. The Morgan fingerprint density at radius 1 is 1.15 bits per heavy atom. The molecule has 4 heteroatoms. The van der Waals surface area contributed by atoms with Crippen LogP contribution in [0.4, 0.5) is 0 Å². The molecule has 2 aliphatic rings. The van der Waals surface area contributed by atoms with Gasteiger partial charge in [-0.05, 0) is 49.8 Å². The Hall–Kier alpha value is -2.62. The van der Waals surface area contributed by atoms with Gasteiger partial charge in [0.05, 0.1) is 11.6 Å². The zero-order valence-corrected chi connectivity index (χ0v) is 15.1. The maximum atomic E-state index is 13.1. The first-order chi connectivity index (χ1) is 12.5. The fourth-order valence-corrected chi connectivity index (χ4v) is 3.63. The molecule has 0 radical (unpaired) electrons. The Morgan fingerprint density at radius 2 is 1.85 bits per heavy atom. The highest BCUT2D eigenvalue weighted by molar-refractivity contribution is 5.97. The number of rotatable bonds is 4. The normalized spacial score (nSPS) is 22.9. The van der Waals surface area contributed by atoms with Gasteiger partial charge in [0.15, 0.2) is 5.60 Å². The van der Waals surface area contributed by atoms with Crippen molar-refractivity contribution in [2.45, 2.75) is 44.8 Å². The number of cyclic esters (lactones) is 1. The Bertz CT molecular complexity index is 854. The molecule has 2 atom stereocenters. The quantitative estimate of drug-likeness (QED) is 0.856. The minimum Gasteiger partial charge on any atom is -0.445 e. The molecule has 1 aliphatic carbocycles. The van der Waals surface area contributed by atoms with Crippen molar-refractivity contribution in [3.63, 3.8) is 0 Å². The predicted molar refractivity (Wildman–Crippen MR) is 98.8 cm³/mol. The molecule has 0 aromatic heterocycles. The molecule has 26 heavy (non-hydrogen) atoms. The van der Waals surface area contributed by atoms with Gasteiger partial charge in [-0.15, -0.1) is 0 Å². The van der Waals surface area contributed by atoms with Gasteiger partial charge in [0.2, 0.25) is 0 Å². The van der Waals surface area contributed by atoms with Crippen LogP contribution in [0.15, 0.2) is 48.5 Å². The summed E-state index contributed by atoms with van der Waals surface area (Å²) >= 11 is 0. The molecule has 1 amide bonds. The van der Waals surface area contributed by atoms with Crippen LogP contribution < -0.4 is 5.32 Å². The van der Waals surface area contributed by atoms with Crippen molar-refractivity contribution in [2.24, 2.45) is 5.92 Å². The smallest absolute Gasteiger partial charge is 0.339 e. The molecule has 2 unspecified atom stereocenters. The summed E-state index contributed by atoms with van der Waals surface area (Å²) < 4.78 is 5.57. The molecule has 0 bridgehead atoms. The lowest BCUT2D eigenvalue weighted by Gasteiger charge is -2.34. The van der Waals surface area contributed by atoms with Gasteiger partial charge >= 0.3 is 5.97 Å². The van der Waals surface area contributed by atoms with Crippen LogP contribution in [0.1, 0.15) is 52.9 Å².